The summed E-state index contributed by atoms with van der Waals surface area (Å²) in [5.41, 5.74) is 0.483. The van der Waals surface area contributed by atoms with Gasteiger partial charge in [-0.05, 0) is 29.6 Å². The molecule has 0 fully saturated rings. The molecule has 6 nitrogen and oxygen atoms in total. The number of halogens is 1. The average Bonchev–Trinajstić information content (AvgIpc) is 3.02. The molecule has 0 saturated heterocycles. The molecule has 0 aliphatic rings. The topological polar surface area (TPSA) is 73.3 Å². The summed E-state index contributed by atoms with van der Waals surface area (Å²) in [4.78, 5) is 21.1. The molecule has 0 aliphatic carbocycles. The lowest BCUT2D eigenvalue weighted by Gasteiger charge is -2.11. The Hall–Kier alpha value is -2.38. The summed E-state index contributed by atoms with van der Waals surface area (Å²) in [6.07, 6.45) is 1.41. The number of nitrogens with zero attached hydrogens (tertiary/aromatic N) is 2. The first-order valence-electron chi connectivity index (χ1n) is 6.62. The monoisotopic (exact) mass is 349 g/mol. The number of hydrogen-bond acceptors (Lipinski definition) is 6. The van der Waals surface area contributed by atoms with Gasteiger partial charge in [0.25, 0.3) is 5.91 Å². The van der Waals surface area contributed by atoms with Gasteiger partial charge in [-0.2, -0.15) is 0 Å². The lowest BCUT2D eigenvalue weighted by molar-refractivity contribution is -0.118. The minimum atomic E-state index is -0.340. The van der Waals surface area contributed by atoms with E-state index in [9.17, 15) is 4.79 Å². The van der Waals surface area contributed by atoms with Crippen molar-refractivity contribution < 1.29 is 14.3 Å². The van der Waals surface area contributed by atoms with Gasteiger partial charge >= 0.3 is 0 Å². The summed E-state index contributed by atoms with van der Waals surface area (Å²) in [6, 6.07) is 6.83. The van der Waals surface area contributed by atoms with Gasteiger partial charge in [0.1, 0.15) is 16.9 Å². The van der Waals surface area contributed by atoms with Crippen molar-refractivity contribution in [2.75, 3.05) is 19.0 Å². The number of methoxy groups -OCH3 is 1. The molecule has 1 N–H and O–H groups in total. The molecular weight excluding hydrogens is 338 g/mol. The third-order valence-corrected chi connectivity index (χ3v) is 4.06. The molecule has 8 heteroatoms. The number of carbonyl (C=O) groups excluding carboxylic acids is 1. The van der Waals surface area contributed by atoms with Crippen molar-refractivity contribution in [2.24, 2.45) is 0 Å². The maximum Gasteiger partial charge on any atom is 0.262 e. The first-order chi connectivity index (χ1) is 11.2. The van der Waals surface area contributed by atoms with Crippen molar-refractivity contribution in [1.29, 1.82) is 0 Å². The second kappa shape index (κ2) is 6.80. The fraction of sp³-hybridized carbons (Fsp3) is 0.133. The van der Waals surface area contributed by atoms with Crippen molar-refractivity contribution in [1.82, 2.24) is 9.97 Å². The van der Waals surface area contributed by atoms with E-state index in [0.29, 0.717) is 22.3 Å². The molecule has 3 rings (SSSR count). The standard InChI is InChI=1S/C15H12ClN3O3S/c1-21-12-3-2-9(16)6-11(12)19-13(20)7-22-14-10-4-5-23-15(10)18-8-17-14/h2-6,8H,7H2,1H3,(H,19,20). The lowest BCUT2D eigenvalue weighted by Crippen LogP contribution is -2.20. The van der Waals surface area contributed by atoms with Crippen LogP contribution in [0.5, 0.6) is 11.6 Å². The smallest absolute Gasteiger partial charge is 0.262 e. The van der Waals surface area contributed by atoms with Crippen molar-refractivity contribution in [3.63, 3.8) is 0 Å². The number of hydrogen-bond donors (Lipinski definition) is 1. The number of amides is 1. The molecular formula is C15H12ClN3O3S. The predicted octanol–water partition coefficient (Wildman–Crippen LogP) is 3.37. The first kappa shape index (κ1) is 15.5. The quantitative estimate of drug-likeness (QED) is 0.764. The largest absolute Gasteiger partial charge is 0.495 e. The Morgan fingerprint density at radius 2 is 2.22 bits per heavy atom. The van der Waals surface area contributed by atoms with Crippen molar-refractivity contribution in [2.45, 2.75) is 0 Å². The minimum absolute atomic E-state index is 0.183. The van der Waals surface area contributed by atoms with E-state index in [1.807, 2.05) is 11.4 Å². The highest BCUT2D eigenvalue weighted by Crippen LogP contribution is 2.28. The molecule has 1 aromatic carbocycles. The normalized spacial score (nSPS) is 10.5. The highest BCUT2D eigenvalue weighted by Gasteiger charge is 2.11. The molecule has 1 amide bonds. The van der Waals surface area contributed by atoms with Gasteiger partial charge in [0, 0.05) is 5.02 Å². The third kappa shape index (κ3) is 3.52. The lowest BCUT2D eigenvalue weighted by atomic mass is 10.3. The molecule has 2 heterocycles. The Kier molecular flexibility index (Phi) is 4.59. The number of carbonyl (C=O) groups is 1. The number of thiophene rings is 1. The SMILES string of the molecule is COc1ccc(Cl)cc1NC(=O)COc1ncnc2sccc12. The van der Waals surface area contributed by atoms with Crippen LogP contribution in [0, 0.1) is 0 Å². The van der Waals surface area contributed by atoms with Crippen LogP contribution in [-0.4, -0.2) is 29.6 Å². The van der Waals surface area contributed by atoms with E-state index in [-0.39, 0.29) is 12.5 Å². The summed E-state index contributed by atoms with van der Waals surface area (Å²) in [5, 5.41) is 5.87. The fourth-order valence-electron chi connectivity index (χ4n) is 1.98. The number of rotatable bonds is 5. The molecule has 3 aromatic rings. The number of benzene rings is 1. The van der Waals surface area contributed by atoms with Gasteiger partial charge in [-0.1, -0.05) is 11.6 Å². The molecule has 0 radical (unpaired) electrons. The van der Waals surface area contributed by atoms with Crippen LogP contribution in [-0.2, 0) is 4.79 Å². The van der Waals surface area contributed by atoms with Crippen molar-refractivity contribution >= 4 is 44.7 Å². The van der Waals surface area contributed by atoms with E-state index in [1.165, 1.54) is 24.8 Å². The number of anilines is 1. The summed E-state index contributed by atoms with van der Waals surface area (Å²) < 4.78 is 10.7. The molecule has 0 aliphatic heterocycles. The maximum absolute atomic E-state index is 12.1. The number of ether oxygens (including phenoxy) is 2. The van der Waals surface area contributed by atoms with Crippen LogP contribution >= 0.6 is 22.9 Å². The Labute approximate surface area is 141 Å². The van der Waals surface area contributed by atoms with Gasteiger partial charge in [-0.15, -0.1) is 11.3 Å². The Morgan fingerprint density at radius 1 is 1.35 bits per heavy atom. The van der Waals surface area contributed by atoms with Crippen LogP contribution < -0.4 is 14.8 Å². The van der Waals surface area contributed by atoms with E-state index in [0.717, 1.165) is 10.2 Å². The zero-order valence-corrected chi connectivity index (χ0v) is 13.6. The van der Waals surface area contributed by atoms with E-state index in [2.05, 4.69) is 15.3 Å². The predicted molar refractivity (Wildman–Crippen MR) is 89.5 cm³/mol. The summed E-state index contributed by atoms with van der Waals surface area (Å²) in [5.74, 6) is 0.557. The molecule has 0 saturated carbocycles. The van der Waals surface area contributed by atoms with Crippen LogP contribution in [0.1, 0.15) is 0 Å². The molecule has 23 heavy (non-hydrogen) atoms. The van der Waals surface area contributed by atoms with Gasteiger partial charge in [0.05, 0.1) is 18.2 Å². The van der Waals surface area contributed by atoms with Crippen LogP contribution in [0.3, 0.4) is 0 Å². The van der Waals surface area contributed by atoms with Gasteiger partial charge in [0.2, 0.25) is 5.88 Å². The van der Waals surface area contributed by atoms with Crippen LogP contribution in [0.15, 0.2) is 36.0 Å². The second-order valence-corrected chi connectivity index (χ2v) is 5.83. The molecule has 2 aromatic heterocycles. The van der Waals surface area contributed by atoms with E-state index < -0.39 is 0 Å². The average molecular weight is 350 g/mol. The molecule has 118 valence electrons. The van der Waals surface area contributed by atoms with E-state index >= 15 is 0 Å². The summed E-state index contributed by atoms with van der Waals surface area (Å²) in [6.45, 7) is -0.183. The number of aromatic nitrogens is 2. The summed E-state index contributed by atoms with van der Waals surface area (Å²) in [7, 11) is 1.52. The van der Waals surface area contributed by atoms with Crippen LogP contribution in [0.4, 0.5) is 5.69 Å². The summed E-state index contributed by atoms with van der Waals surface area (Å²) >= 11 is 7.41. The Balaban J connectivity index is 1.68. The first-order valence-corrected chi connectivity index (χ1v) is 7.87. The van der Waals surface area contributed by atoms with Crippen LogP contribution in [0.2, 0.25) is 5.02 Å². The highest BCUT2D eigenvalue weighted by molar-refractivity contribution is 7.16. The minimum Gasteiger partial charge on any atom is -0.495 e. The zero-order chi connectivity index (χ0) is 16.2. The Morgan fingerprint density at radius 3 is 3.04 bits per heavy atom. The Bertz CT molecular complexity index is 853. The maximum atomic E-state index is 12.1. The van der Waals surface area contributed by atoms with Crippen molar-refractivity contribution in [3.05, 3.63) is 41.0 Å². The molecule has 0 atom stereocenters. The molecule has 0 spiro atoms. The van der Waals surface area contributed by atoms with Gasteiger partial charge < -0.3 is 14.8 Å². The van der Waals surface area contributed by atoms with Gasteiger partial charge in [-0.3, -0.25) is 4.79 Å². The van der Waals surface area contributed by atoms with Crippen LogP contribution in [0.25, 0.3) is 10.2 Å². The van der Waals surface area contributed by atoms with Gasteiger partial charge in [0.15, 0.2) is 6.61 Å². The van der Waals surface area contributed by atoms with E-state index in [1.54, 1.807) is 18.2 Å². The number of nitrogens with one attached hydrogen (secondary N) is 1. The second-order valence-electron chi connectivity index (χ2n) is 4.50. The highest BCUT2D eigenvalue weighted by atomic mass is 35.5. The molecule has 0 bridgehead atoms. The molecule has 0 unspecified atom stereocenters. The van der Waals surface area contributed by atoms with E-state index in [4.69, 9.17) is 21.1 Å². The van der Waals surface area contributed by atoms with Crippen molar-refractivity contribution in [3.8, 4) is 11.6 Å². The third-order valence-electron chi connectivity index (χ3n) is 3.00. The number of fused-ring (bicyclic) bond motifs is 1. The van der Waals surface area contributed by atoms with Gasteiger partial charge in [-0.25, -0.2) is 9.97 Å². The zero-order valence-electron chi connectivity index (χ0n) is 12.1. The fourth-order valence-corrected chi connectivity index (χ4v) is 2.88.